The Morgan fingerprint density at radius 2 is 2.13 bits per heavy atom. The van der Waals surface area contributed by atoms with E-state index >= 15 is 0 Å². The monoisotopic (exact) mass is 220 g/mol. The Morgan fingerprint density at radius 1 is 1.47 bits per heavy atom. The van der Waals surface area contributed by atoms with Crippen molar-refractivity contribution in [2.75, 3.05) is 6.61 Å². The summed E-state index contributed by atoms with van der Waals surface area (Å²) in [7, 11) is 0. The molecule has 0 saturated carbocycles. The molecule has 6 heteroatoms. The number of hydrogen-bond donors (Lipinski definition) is 1. The average Bonchev–Trinajstić information content (AvgIpc) is 2.15. The molecule has 1 rings (SSSR count). The van der Waals surface area contributed by atoms with Crippen LogP contribution < -0.4 is 4.74 Å². The molecule has 0 atom stereocenters. The Morgan fingerprint density at radius 3 is 2.60 bits per heavy atom. The topological polar surface area (TPSA) is 46.5 Å². The van der Waals surface area contributed by atoms with Gasteiger partial charge >= 0.3 is 5.97 Å². The lowest BCUT2D eigenvalue weighted by Gasteiger charge is -2.06. The molecule has 1 N–H and O–H groups in total. The van der Waals surface area contributed by atoms with E-state index in [1.165, 1.54) is 0 Å². The molecule has 0 aliphatic carbocycles. The Labute approximate surface area is 83.1 Å². The van der Waals surface area contributed by atoms with Crippen LogP contribution in [-0.4, -0.2) is 24.1 Å². The number of benzene rings is 1. The van der Waals surface area contributed by atoms with Crippen LogP contribution in [0.15, 0.2) is 18.2 Å². The van der Waals surface area contributed by atoms with Gasteiger partial charge in [-0.15, -0.1) is 0 Å². The minimum absolute atomic E-state index is 0.267. The van der Waals surface area contributed by atoms with E-state index in [0.717, 1.165) is 12.1 Å². The van der Waals surface area contributed by atoms with E-state index in [1.807, 2.05) is 0 Å². The fourth-order valence-electron chi connectivity index (χ4n) is 0.904. The average molecular weight is 220 g/mol. The lowest BCUT2D eigenvalue weighted by Crippen LogP contribution is -2.08. The third-order valence-electron chi connectivity index (χ3n) is 1.54. The molecule has 0 radical (unpaired) electrons. The summed E-state index contributed by atoms with van der Waals surface area (Å²) in [4.78, 5) is 10.4. The van der Waals surface area contributed by atoms with Crippen molar-refractivity contribution in [3.8, 4) is 5.75 Å². The highest BCUT2D eigenvalue weighted by atomic mass is 19.3. The van der Waals surface area contributed by atoms with Gasteiger partial charge in [0.15, 0.2) is 11.6 Å². The summed E-state index contributed by atoms with van der Waals surface area (Å²) in [6.07, 6.45) is -2.71. The summed E-state index contributed by atoms with van der Waals surface area (Å²) in [5.74, 6) is -2.66. The minimum atomic E-state index is -2.71. The molecular formula is C9H7F3O3. The fraction of sp³-hybridized carbons (Fsp3) is 0.222. The van der Waals surface area contributed by atoms with Crippen LogP contribution in [0.2, 0.25) is 0 Å². The number of halogens is 3. The summed E-state index contributed by atoms with van der Waals surface area (Å²) < 4.78 is 40.9. The van der Waals surface area contributed by atoms with Crippen molar-refractivity contribution in [2.24, 2.45) is 0 Å². The molecule has 0 amide bonds. The second-order valence-electron chi connectivity index (χ2n) is 2.65. The fourth-order valence-corrected chi connectivity index (χ4v) is 0.904. The number of alkyl halides is 2. The number of carboxylic acids is 1. The van der Waals surface area contributed by atoms with Crippen LogP contribution >= 0.6 is 0 Å². The van der Waals surface area contributed by atoms with Gasteiger partial charge in [0.25, 0.3) is 6.43 Å². The molecule has 0 fully saturated rings. The highest BCUT2D eigenvalue weighted by Crippen LogP contribution is 2.18. The van der Waals surface area contributed by atoms with Gasteiger partial charge in [-0.25, -0.2) is 18.0 Å². The van der Waals surface area contributed by atoms with E-state index in [-0.39, 0.29) is 11.3 Å². The highest BCUT2D eigenvalue weighted by Gasteiger charge is 2.11. The first-order valence-electron chi connectivity index (χ1n) is 3.94. The molecule has 1 aromatic rings. The SMILES string of the molecule is O=C(O)c1ccc(OCC(F)F)c(F)c1. The van der Waals surface area contributed by atoms with Crippen LogP contribution in [0.25, 0.3) is 0 Å². The van der Waals surface area contributed by atoms with E-state index in [2.05, 4.69) is 4.74 Å². The summed E-state index contributed by atoms with van der Waals surface area (Å²) in [5, 5.41) is 8.49. The predicted molar refractivity (Wildman–Crippen MR) is 44.9 cm³/mol. The molecule has 0 unspecified atom stereocenters. The molecule has 0 aliphatic heterocycles. The lowest BCUT2D eigenvalue weighted by atomic mass is 10.2. The Balaban J connectivity index is 2.79. The zero-order valence-electron chi connectivity index (χ0n) is 7.41. The first-order valence-corrected chi connectivity index (χ1v) is 3.94. The molecular weight excluding hydrogens is 213 g/mol. The largest absolute Gasteiger partial charge is 0.485 e. The van der Waals surface area contributed by atoms with Crippen LogP contribution in [-0.2, 0) is 0 Å². The summed E-state index contributed by atoms with van der Waals surface area (Å²) in [6.45, 7) is -0.927. The van der Waals surface area contributed by atoms with E-state index in [1.54, 1.807) is 0 Å². The van der Waals surface area contributed by atoms with Gasteiger partial charge in [-0.05, 0) is 18.2 Å². The molecule has 82 valence electrons. The van der Waals surface area contributed by atoms with Gasteiger partial charge in [0, 0.05) is 0 Å². The first kappa shape index (κ1) is 11.4. The first-order chi connectivity index (χ1) is 7.00. The van der Waals surface area contributed by atoms with Gasteiger partial charge in [0.05, 0.1) is 5.56 Å². The van der Waals surface area contributed by atoms with Crippen molar-refractivity contribution in [1.82, 2.24) is 0 Å². The van der Waals surface area contributed by atoms with Crippen LogP contribution in [0, 0.1) is 5.82 Å². The highest BCUT2D eigenvalue weighted by molar-refractivity contribution is 5.87. The van der Waals surface area contributed by atoms with Crippen molar-refractivity contribution in [3.05, 3.63) is 29.6 Å². The maximum Gasteiger partial charge on any atom is 0.335 e. The molecule has 3 nitrogen and oxygen atoms in total. The zero-order valence-corrected chi connectivity index (χ0v) is 7.41. The van der Waals surface area contributed by atoms with Crippen molar-refractivity contribution < 1.29 is 27.8 Å². The quantitative estimate of drug-likeness (QED) is 0.845. The van der Waals surface area contributed by atoms with Crippen molar-refractivity contribution in [1.29, 1.82) is 0 Å². The second-order valence-corrected chi connectivity index (χ2v) is 2.65. The van der Waals surface area contributed by atoms with Gasteiger partial charge in [-0.2, -0.15) is 0 Å². The smallest absolute Gasteiger partial charge is 0.335 e. The third kappa shape index (κ3) is 3.16. The van der Waals surface area contributed by atoms with E-state index in [0.29, 0.717) is 6.07 Å². The molecule has 1 aromatic carbocycles. The number of rotatable bonds is 4. The van der Waals surface area contributed by atoms with E-state index < -0.39 is 24.8 Å². The summed E-state index contributed by atoms with van der Waals surface area (Å²) in [5.41, 5.74) is -0.267. The second kappa shape index (κ2) is 4.68. The van der Waals surface area contributed by atoms with Crippen LogP contribution in [0.1, 0.15) is 10.4 Å². The van der Waals surface area contributed by atoms with Gasteiger partial charge < -0.3 is 9.84 Å². The van der Waals surface area contributed by atoms with Gasteiger partial charge in [0.1, 0.15) is 6.61 Å². The minimum Gasteiger partial charge on any atom is -0.485 e. The number of aromatic carboxylic acids is 1. The maximum absolute atomic E-state index is 13.0. The molecule has 0 saturated heterocycles. The molecule has 15 heavy (non-hydrogen) atoms. The number of carbonyl (C=O) groups is 1. The zero-order chi connectivity index (χ0) is 11.4. The lowest BCUT2D eigenvalue weighted by molar-refractivity contribution is 0.0693. The van der Waals surface area contributed by atoms with Crippen molar-refractivity contribution in [3.63, 3.8) is 0 Å². The van der Waals surface area contributed by atoms with Crippen molar-refractivity contribution in [2.45, 2.75) is 6.43 Å². The van der Waals surface area contributed by atoms with Crippen molar-refractivity contribution >= 4 is 5.97 Å². The summed E-state index contributed by atoms with van der Waals surface area (Å²) in [6, 6.07) is 2.79. The predicted octanol–water partition coefficient (Wildman–Crippen LogP) is 2.17. The number of carboxylic acid groups (broad SMARTS) is 1. The number of ether oxygens (including phenoxy) is 1. The third-order valence-corrected chi connectivity index (χ3v) is 1.54. The van der Waals surface area contributed by atoms with E-state index in [4.69, 9.17) is 5.11 Å². The molecule has 0 heterocycles. The normalized spacial score (nSPS) is 10.4. The van der Waals surface area contributed by atoms with Gasteiger partial charge in [-0.1, -0.05) is 0 Å². The molecule has 0 bridgehead atoms. The van der Waals surface area contributed by atoms with E-state index in [9.17, 15) is 18.0 Å². The Hall–Kier alpha value is -1.72. The van der Waals surface area contributed by atoms with Gasteiger partial charge in [0.2, 0.25) is 0 Å². The Kier molecular flexibility index (Phi) is 3.54. The standard InChI is InChI=1S/C9H7F3O3/c10-6-3-5(9(13)14)1-2-7(6)15-4-8(11)12/h1-3,8H,4H2,(H,13,14). The van der Waals surface area contributed by atoms with Gasteiger partial charge in [-0.3, -0.25) is 0 Å². The van der Waals surface area contributed by atoms with Crippen LogP contribution in [0.3, 0.4) is 0 Å². The summed E-state index contributed by atoms with van der Waals surface area (Å²) >= 11 is 0. The molecule has 0 spiro atoms. The molecule has 0 aromatic heterocycles. The number of hydrogen-bond acceptors (Lipinski definition) is 2. The molecule has 0 aliphatic rings. The Bertz CT molecular complexity index is 366. The van der Waals surface area contributed by atoms with Crippen LogP contribution in [0.5, 0.6) is 5.75 Å². The van der Waals surface area contributed by atoms with Crippen LogP contribution in [0.4, 0.5) is 13.2 Å². The maximum atomic E-state index is 13.0.